The van der Waals surface area contributed by atoms with E-state index in [-0.39, 0.29) is 6.79 Å². The molecule has 0 N–H and O–H groups in total. The zero-order chi connectivity index (χ0) is 21.1. The van der Waals surface area contributed by atoms with Crippen molar-refractivity contribution in [2.75, 3.05) is 27.6 Å². The fraction of sp³-hybridized carbons (Fsp3) is 0.273. The van der Waals surface area contributed by atoms with Gasteiger partial charge in [0.25, 0.3) is 0 Å². The monoisotopic (exact) mass is 425 g/mol. The van der Waals surface area contributed by atoms with Gasteiger partial charge in [-0.25, -0.2) is 4.68 Å². The standard InChI is InChI=1S/C22H23N3O4S/c1-5-23-22-25(24-14(2)15-6-9-19-21(10-15)29-13-28-19)18(12-30-22)17-8-7-16(26-3)11-20(17)27-4/h6-12H,5,13H2,1-4H3. The summed E-state index contributed by atoms with van der Waals surface area (Å²) in [6.45, 7) is 4.88. The normalized spacial score (nSPS) is 13.6. The Balaban J connectivity index is 1.83. The molecule has 1 aliphatic heterocycles. The summed E-state index contributed by atoms with van der Waals surface area (Å²) in [6, 6.07) is 11.6. The summed E-state index contributed by atoms with van der Waals surface area (Å²) < 4.78 is 23.7. The summed E-state index contributed by atoms with van der Waals surface area (Å²) in [4.78, 5) is 5.42. The van der Waals surface area contributed by atoms with Gasteiger partial charge in [0.2, 0.25) is 11.6 Å². The van der Waals surface area contributed by atoms with Crippen LogP contribution in [0.25, 0.3) is 11.3 Å². The number of hydrogen-bond donors (Lipinski definition) is 0. The lowest BCUT2D eigenvalue weighted by Crippen LogP contribution is -2.14. The van der Waals surface area contributed by atoms with E-state index in [0.29, 0.717) is 12.3 Å². The number of fused-ring (bicyclic) bond motifs is 1. The van der Waals surface area contributed by atoms with Crippen LogP contribution in [0.4, 0.5) is 0 Å². The topological polar surface area (TPSA) is 66.6 Å². The number of ether oxygens (including phenoxy) is 4. The highest BCUT2D eigenvalue weighted by Crippen LogP contribution is 2.34. The molecule has 0 spiro atoms. The van der Waals surface area contributed by atoms with Gasteiger partial charge in [-0.15, -0.1) is 11.3 Å². The molecule has 0 radical (unpaired) electrons. The quantitative estimate of drug-likeness (QED) is 0.557. The minimum absolute atomic E-state index is 0.245. The maximum atomic E-state index is 5.61. The van der Waals surface area contributed by atoms with Gasteiger partial charge in [0.15, 0.2) is 11.5 Å². The maximum Gasteiger partial charge on any atom is 0.231 e. The van der Waals surface area contributed by atoms with Gasteiger partial charge < -0.3 is 18.9 Å². The Labute approximate surface area is 178 Å². The van der Waals surface area contributed by atoms with Crippen LogP contribution in [-0.2, 0) is 0 Å². The minimum Gasteiger partial charge on any atom is -0.497 e. The molecule has 0 saturated heterocycles. The van der Waals surface area contributed by atoms with E-state index in [1.165, 1.54) is 11.3 Å². The van der Waals surface area contributed by atoms with Crippen molar-refractivity contribution >= 4 is 17.0 Å². The molecular weight excluding hydrogens is 402 g/mol. The second-order valence-corrected chi connectivity index (χ2v) is 7.35. The van der Waals surface area contributed by atoms with E-state index in [1.54, 1.807) is 14.2 Å². The number of nitrogens with zero attached hydrogens (tertiary/aromatic N) is 3. The predicted octanol–water partition coefficient (Wildman–Crippen LogP) is 4.16. The van der Waals surface area contributed by atoms with Gasteiger partial charge in [-0.2, -0.15) is 5.10 Å². The highest BCUT2D eigenvalue weighted by Gasteiger charge is 2.16. The first kappa shape index (κ1) is 20.0. The Morgan fingerprint density at radius 3 is 2.70 bits per heavy atom. The molecule has 0 bridgehead atoms. The van der Waals surface area contributed by atoms with Crippen molar-refractivity contribution in [3.05, 3.63) is 52.1 Å². The number of thiazole rings is 1. The van der Waals surface area contributed by atoms with Crippen molar-refractivity contribution in [1.82, 2.24) is 4.68 Å². The molecule has 2 aromatic carbocycles. The number of aromatic nitrogens is 1. The van der Waals surface area contributed by atoms with Gasteiger partial charge in [-0.3, -0.25) is 4.99 Å². The smallest absolute Gasteiger partial charge is 0.231 e. The molecule has 7 nitrogen and oxygen atoms in total. The zero-order valence-corrected chi connectivity index (χ0v) is 18.2. The van der Waals surface area contributed by atoms with Crippen LogP contribution in [0.5, 0.6) is 23.0 Å². The lowest BCUT2D eigenvalue weighted by Gasteiger charge is -2.11. The van der Waals surface area contributed by atoms with Gasteiger partial charge in [-0.1, -0.05) is 0 Å². The van der Waals surface area contributed by atoms with Gasteiger partial charge >= 0.3 is 0 Å². The van der Waals surface area contributed by atoms with Crippen molar-refractivity contribution in [1.29, 1.82) is 0 Å². The molecule has 3 aromatic rings. The molecule has 0 aliphatic carbocycles. The maximum absolute atomic E-state index is 5.61. The molecule has 0 fully saturated rings. The van der Waals surface area contributed by atoms with Crippen LogP contribution in [0.15, 0.2) is 51.9 Å². The minimum atomic E-state index is 0.245. The van der Waals surface area contributed by atoms with Crippen LogP contribution in [0.3, 0.4) is 0 Å². The van der Waals surface area contributed by atoms with Gasteiger partial charge in [0.1, 0.15) is 11.5 Å². The molecule has 0 unspecified atom stereocenters. The highest BCUT2D eigenvalue weighted by atomic mass is 32.1. The molecule has 156 valence electrons. The molecule has 30 heavy (non-hydrogen) atoms. The van der Waals surface area contributed by atoms with Crippen LogP contribution in [0, 0.1) is 0 Å². The summed E-state index contributed by atoms with van der Waals surface area (Å²) in [5.74, 6) is 2.92. The van der Waals surface area contributed by atoms with Crippen LogP contribution >= 0.6 is 11.3 Å². The second kappa shape index (κ2) is 8.62. The van der Waals surface area contributed by atoms with Crippen LogP contribution in [0.1, 0.15) is 19.4 Å². The largest absolute Gasteiger partial charge is 0.497 e. The SMILES string of the molecule is CCN=c1scc(-c2ccc(OC)cc2OC)n1N=C(C)c1ccc2c(c1)OCO2. The van der Waals surface area contributed by atoms with Crippen LogP contribution in [-0.4, -0.2) is 37.9 Å². The van der Waals surface area contributed by atoms with Crippen LogP contribution in [0.2, 0.25) is 0 Å². The molecule has 1 aliphatic rings. The van der Waals surface area contributed by atoms with E-state index in [2.05, 4.69) is 4.99 Å². The van der Waals surface area contributed by atoms with Crippen LogP contribution < -0.4 is 23.7 Å². The first-order valence-corrected chi connectivity index (χ1v) is 10.4. The van der Waals surface area contributed by atoms with Crippen molar-refractivity contribution in [2.24, 2.45) is 10.1 Å². The Morgan fingerprint density at radius 1 is 1.10 bits per heavy atom. The Bertz CT molecular complexity index is 1160. The van der Waals surface area contributed by atoms with E-state index in [0.717, 1.165) is 44.6 Å². The molecule has 0 atom stereocenters. The number of hydrogen-bond acceptors (Lipinski definition) is 7. The Hall–Kier alpha value is -3.26. The highest BCUT2D eigenvalue weighted by molar-refractivity contribution is 7.07. The second-order valence-electron chi connectivity index (χ2n) is 6.51. The predicted molar refractivity (Wildman–Crippen MR) is 117 cm³/mol. The van der Waals surface area contributed by atoms with Crippen molar-refractivity contribution in [3.63, 3.8) is 0 Å². The van der Waals surface area contributed by atoms with E-state index in [1.807, 2.05) is 60.3 Å². The fourth-order valence-corrected chi connectivity index (χ4v) is 4.05. The fourth-order valence-electron chi connectivity index (χ4n) is 3.16. The van der Waals surface area contributed by atoms with E-state index in [9.17, 15) is 0 Å². The molecule has 8 heteroatoms. The first-order chi connectivity index (χ1) is 14.6. The number of benzene rings is 2. The lowest BCUT2D eigenvalue weighted by atomic mass is 10.1. The van der Waals surface area contributed by atoms with E-state index < -0.39 is 0 Å². The third kappa shape index (κ3) is 3.78. The van der Waals surface area contributed by atoms with Crippen molar-refractivity contribution in [2.45, 2.75) is 13.8 Å². The summed E-state index contributed by atoms with van der Waals surface area (Å²) in [6.07, 6.45) is 0. The number of methoxy groups -OCH3 is 2. The average molecular weight is 426 g/mol. The third-order valence-corrected chi connectivity index (χ3v) is 5.56. The average Bonchev–Trinajstić information content (AvgIpc) is 3.40. The van der Waals surface area contributed by atoms with E-state index in [4.69, 9.17) is 24.0 Å². The molecule has 1 aromatic heterocycles. The van der Waals surface area contributed by atoms with Gasteiger partial charge in [0.05, 0.1) is 25.6 Å². The summed E-state index contributed by atoms with van der Waals surface area (Å²) in [5.41, 5.74) is 3.59. The van der Waals surface area contributed by atoms with Gasteiger partial charge in [-0.05, 0) is 44.2 Å². The first-order valence-electron chi connectivity index (χ1n) is 9.53. The molecule has 0 saturated carbocycles. The Morgan fingerprint density at radius 2 is 1.93 bits per heavy atom. The zero-order valence-electron chi connectivity index (χ0n) is 17.3. The summed E-state index contributed by atoms with van der Waals surface area (Å²) >= 11 is 1.54. The van der Waals surface area contributed by atoms with E-state index >= 15 is 0 Å². The van der Waals surface area contributed by atoms with Gasteiger partial charge in [0, 0.05) is 29.1 Å². The number of rotatable bonds is 6. The van der Waals surface area contributed by atoms with Crippen molar-refractivity contribution in [3.8, 4) is 34.3 Å². The van der Waals surface area contributed by atoms with Crippen molar-refractivity contribution < 1.29 is 18.9 Å². The summed E-state index contributed by atoms with van der Waals surface area (Å²) in [7, 11) is 3.28. The molecular formula is C22H23N3O4S. The molecule has 0 amide bonds. The Kier molecular flexibility index (Phi) is 5.76. The molecule has 4 rings (SSSR count). The lowest BCUT2D eigenvalue weighted by molar-refractivity contribution is 0.174. The summed E-state index contributed by atoms with van der Waals surface area (Å²) in [5, 5.41) is 6.93. The third-order valence-electron chi connectivity index (χ3n) is 4.70. The molecule has 2 heterocycles.